The monoisotopic (exact) mass is 318 g/mol. The number of nitrogens with zero attached hydrogens (tertiary/aromatic N) is 3. The number of esters is 1. The van der Waals surface area contributed by atoms with E-state index in [1.165, 1.54) is 12.4 Å². The molecule has 8 heteroatoms. The highest BCUT2D eigenvalue weighted by Gasteiger charge is 2.20. The van der Waals surface area contributed by atoms with Crippen molar-refractivity contribution in [3.63, 3.8) is 0 Å². The lowest BCUT2D eigenvalue weighted by Gasteiger charge is -2.29. The van der Waals surface area contributed by atoms with Crippen LogP contribution in [-0.4, -0.2) is 51.8 Å². The number of aliphatic hydroxyl groups is 1. The van der Waals surface area contributed by atoms with Gasteiger partial charge in [-0.2, -0.15) is 4.98 Å². The summed E-state index contributed by atoms with van der Waals surface area (Å²) in [5.74, 6) is -0.159. The Balaban J connectivity index is 1.94. The third kappa shape index (κ3) is 3.02. The van der Waals surface area contributed by atoms with Crippen LogP contribution < -0.4 is 10.3 Å². The molecule has 0 atom stereocenters. The number of fused-ring (bicyclic) bond motifs is 1. The van der Waals surface area contributed by atoms with Gasteiger partial charge in [-0.25, -0.2) is 9.78 Å². The van der Waals surface area contributed by atoms with Crippen LogP contribution in [0.5, 0.6) is 0 Å². The van der Waals surface area contributed by atoms with Crippen molar-refractivity contribution < 1.29 is 14.6 Å². The molecular formula is C15H18N4O4. The number of hydrogen-bond donors (Lipinski definition) is 2. The molecule has 0 saturated carbocycles. The Morgan fingerprint density at radius 2 is 2.22 bits per heavy atom. The topological polar surface area (TPSA) is 108 Å². The van der Waals surface area contributed by atoms with E-state index in [-0.39, 0.29) is 23.7 Å². The Hall–Kier alpha value is -2.48. The molecule has 1 saturated heterocycles. The lowest BCUT2D eigenvalue weighted by molar-refractivity contribution is 0.0524. The highest BCUT2D eigenvalue weighted by Crippen LogP contribution is 2.17. The fourth-order valence-corrected chi connectivity index (χ4v) is 2.58. The summed E-state index contributed by atoms with van der Waals surface area (Å²) in [4.78, 5) is 37.5. The Labute approximate surface area is 132 Å². The number of aromatic nitrogens is 3. The van der Waals surface area contributed by atoms with E-state index in [9.17, 15) is 14.7 Å². The van der Waals surface area contributed by atoms with Crippen molar-refractivity contribution in [1.29, 1.82) is 0 Å². The molecule has 0 aliphatic carbocycles. The molecular weight excluding hydrogens is 300 g/mol. The van der Waals surface area contributed by atoms with Gasteiger partial charge < -0.3 is 19.7 Å². The average molecular weight is 318 g/mol. The van der Waals surface area contributed by atoms with E-state index < -0.39 is 11.4 Å². The molecule has 122 valence electrons. The quantitative estimate of drug-likeness (QED) is 0.791. The maximum Gasteiger partial charge on any atom is 0.343 e. The Bertz CT molecular complexity index is 781. The van der Waals surface area contributed by atoms with Crippen molar-refractivity contribution in [1.82, 2.24) is 15.0 Å². The van der Waals surface area contributed by atoms with Gasteiger partial charge in [0.05, 0.1) is 18.1 Å². The first-order valence-electron chi connectivity index (χ1n) is 7.58. The molecule has 0 aromatic carbocycles. The number of piperidine rings is 1. The van der Waals surface area contributed by atoms with Crippen molar-refractivity contribution in [3.05, 3.63) is 28.2 Å². The van der Waals surface area contributed by atoms with E-state index in [1.54, 1.807) is 6.92 Å². The molecule has 0 bridgehead atoms. The molecule has 2 aromatic heterocycles. The molecule has 0 radical (unpaired) electrons. The lowest BCUT2D eigenvalue weighted by atomic mass is 10.1. The van der Waals surface area contributed by atoms with Gasteiger partial charge >= 0.3 is 5.97 Å². The number of aromatic amines is 1. The second-order valence-corrected chi connectivity index (χ2v) is 5.40. The van der Waals surface area contributed by atoms with Crippen LogP contribution in [0.15, 0.2) is 17.2 Å². The van der Waals surface area contributed by atoms with Crippen LogP contribution in [0.3, 0.4) is 0 Å². The van der Waals surface area contributed by atoms with Crippen molar-refractivity contribution in [2.24, 2.45) is 0 Å². The van der Waals surface area contributed by atoms with Gasteiger partial charge in [0.1, 0.15) is 11.2 Å². The van der Waals surface area contributed by atoms with Crippen LogP contribution in [0, 0.1) is 0 Å². The fourth-order valence-electron chi connectivity index (χ4n) is 2.58. The van der Waals surface area contributed by atoms with Crippen LogP contribution in [0.25, 0.3) is 11.0 Å². The van der Waals surface area contributed by atoms with Crippen molar-refractivity contribution in [3.8, 4) is 0 Å². The number of pyridine rings is 1. The first kappa shape index (κ1) is 15.4. The van der Waals surface area contributed by atoms with Crippen molar-refractivity contribution >= 4 is 23.0 Å². The summed E-state index contributed by atoms with van der Waals surface area (Å²) in [6.07, 6.45) is 3.79. The van der Waals surface area contributed by atoms with Crippen LogP contribution in [0.2, 0.25) is 0 Å². The third-order valence-corrected chi connectivity index (χ3v) is 3.86. The third-order valence-electron chi connectivity index (χ3n) is 3.86. The molecule has 8 nitrogen and oxygen atoms in total. The number of carbonyl (C=O) groups is 1. The largest absolute Gasteiger partial charge is 0.462 e. The molecule has 2 N–H and O–H groups in total. The first-order valence-corrected chi connectivity index (χ1v) is 7.58. The zero-order valence-electron chi connectivity index (χ0n) is 12.8. The van der Waals surface area contributed by atoms with Gasteiger partial charge in [-0.3, -0.25) is 4.79 Å². The molecule has 0 amide bonds. The summed E-state index contributed by atoms with van der Waals surface area (Å²) in [7, 11) is 0. The van der Waals surface area contributed by atoms with Gasteiger partial charge in [-0.1, -0.05) is 0 Å². The highest BCUT2D eigenvalue weighted by molar-refractivity contribution is 5.92. The predicted molar refractivity (Wildman–Crippen MR) is 83.6 cm³/mol. The van der Waals surface area contributed by atoms with E-state index in [0.717, 1.165) is 0 Å². The molecule has 3 heterocycles. The van der Waals surface area contributed by atoms with Crippen LogP contribution >= 0.6 is 0 Å². The molecule has 1 aliphatic rings. The number of anilines is 1. The standard InChI is InChI=1S/C15H18N4O4/c1-2-23-14(22)11-8-16-13-10(12(11)21)7-17-15(18-13)19-5-3-9(20)4-6-19/h7-9,20H,2-6H2,1H3,(H,16,17,18,21). The second-order valence-electron chi connectivity index (χ2n) is 5.40. The summed E-state index contributed by atoms with van der Waals surface area (Å²) >= 11 is 0. The van der Waals surface area contributed by atoms with E-state index in [1.807, 2.05) is 4.90 Å². The first-order chi connectivity index (χ1) is 11.1. The smallest absolute Gasteiger partial charge is 0.343 e. The molecule has 1 fully saturated rings. The van der Waals surface area contributed by atoms with Gasteiger partial charge in [-0.05, 0) is 19.8 Å². The summed E-state index contributed by atoms with van der Waals surface area (Å²) < 4.78 is 4.85. The predicted octanol–water partition coefficient (Wildman–Crippen LogP) is 0.456. The molecule has 2 aromatic rings. The molecule has 0 unspecified atom stereocenters. The van der Waals surface area contributed by atoms with Gasteiger partial charge in [0.15, 0.2) is 0 Å². The van der Waals surface area contributed by atoms with E-state index in [2.05, 4.69) is 15.0 Å². The van der Waals surface area contributed by atoms with Crippen LogP contribution in [-0.2, 0) is 4.74 Å². The number of aliphatic hydroxyl groups excluding tert-OH is 1. The van der Waals surface area contributed by atoms with Gasteiger partial charge in [-0.15, -0.1) is 0 Å². The SMILES string of the molecule is CCOC(=O)c1c[nH]c2nc(N3CCC(O)CC3)ncc2c1=O. The van der Waals surface area contributed by atoms with Crippen molar-refractivity contribution in [2.45, 2.75) is 25.9 Å². The summed E-state index contributed by atoms with van der Waals surface area (Å²) in [5.41, 5.74) is -0.131. The minimum Gasteiger partial charge on any atom is -0.462 e. The Kier molecular flexibility index (Phi) is 4.24. The average Bonchev–Trinajstić information content (AvgIpc) is 2.55. The fraction of sp³-hybridized carbons (Fsp3) is 0.467. The zero-order chi connectivity index (χ0) is 16.4. The lowest BCUT2D eigenvalue weighted by Crippen LogP contribution is -2.37. The summed E-state index contributed by atoms with van der Waals surface area (Å²) in [6, 6.07) is 0. The maximum absolute atomic E-state index is 12.3. The van der Waals surface area contributed by atoms with Gasteiger partial charge in [0.2, 0.25) is 11.4 Å². The number of hydrogen-bond acceptors (Lipinski definition) is 7. The van der Waals surface area contributed by atoms with Crippen LogP contribution in [0.1, 0.15) is 30.1 Å². The number of rotatable bonds is 3. The number of ether oxygens (including phenoxy) is 1. The maximum atomic E-state index is 12.3. The van der Waals surface area contributed by atoms with Crippen LogP contribution in [0.4, 0.5) is 5.95 Å². The van der Waals surface area contributed by atoms with E-state index >= 15 is 0 Å². The highest BCUT2D eigenvalue weighted by atomic mass is 16.5. The van der Waals surface area contributed by atoms with Gasteiger partial charge in [0, 0.05) is 25.5 Å². The normalized spacial score (nSPS) is 15.8. The number of carbonyl (C=O) groups excluding carboxylic acids is 1. The summed E-state index contributed by atoms with van der Waals surface area (Å²) in [5, 5.41) is 9.80. The molecule has 23 heavy (non-hydrogen) atoms. The Morgan fingerprint density at radius 1 is 1.48 bits per heavy atom. The minimum atomic E-state index is -0.662. The van der Waals surface area contributed by atoms with Gasteiger partial charge in [0.25, 0.3) is 0 Å². The molecule has 1 aliphatic heterocycles. The zero-order valence-corrected chi connectivity index (χ0v) is 12.8. The molecule has 0 spiro atoms. The van der Waals surface area contributed by atoms with E-state index in [4.69, 9.17) is 4.74 Å². The van der Waals surface area contributed by atoms with E-state index in [0.29, 0.717) is 37.5 Å². The number of H-pyrrole nitrogens is 1. The summed E-state index contributed by atoms with van der Waals surface area (Å²) in [6.45, 7) is 3.21. The number of nitrogens with one attached hydrogen (secondary N) is 1. The minimum absolute atomic E-state index is 0.0585. The molecule has 3 rings (SSSR count). The van der Waals surface area contributed by atoms with Crippen molar-refractivity contribution in [2.75, 3.05) is 24.6 Å². The Morgan fingerprint density at radius 3 is 2.91 bits per heavy atom. The second kappa shape index (κ2) is 6.33.